The number of methoxy groups -OCH3 is 1. The van der Waals surface area contributed by atoms with Gasteiger partial charge in [0.1, 0.15) is 30.3 Å². The normalized spacial score (nSPS) is 14.4. The zero-order valence-corrected chi connectivity index (χ0v) is 20.4. The smallest absolute Gasteiger partial charge is 0.335 e. The molecule has 0 aromatic heterocycles. The Balaban J connectivity index is 1.51. The van der Waals surface area contributed by atoms with E-state index in [1.165, 1.54) is 13.2 Å². The topological polar surface area (TPSA) is 103 Å². The average Bonchev–Trinajstić information content (AvgIpc) is 2.91. The highest BCUT2D eigenvalue weighted by Crippen LogP contribution is 2.30. The van der Waals surface area contributed by atoms with E-state index < -0.39 is 17.8 Å². The van der Waals surface area contributed by atoms with Crippen LogP contribution in [0.2, 0.25) is 0 Å². The Hall–Kier alpha value is -4.79. The Labute approximate surface area is 214 Å². The number of imide groups is 2. The zero-order chi connectivity index (χ0) is 26.2. The van der Waals surface area contributed by atoms with Crippen LogP contribution < -0.4 is 29.2 Å². The number of nitrogens with one attached hydrogen (secondary N) is 1. The summed E-state index contributed by atoms with van der Waals surface area (Å²) in [5.41, 5.74) is 0.639. The number of carbonyl (C=O) groups is 3. The molecule has 9 nitrogen and oxygen atoms in total. The minimum atomic E-state index is -0.825. The maximum absolute atomic E-state index is 13.1. The van der Waals surface area contributed by atoms with Crippen LogP contribution >= 0.6 is 0 Å². The molecule has 0 saturated carbocycles. The number of para-hydroxylation sites is 1. The highest BCUT2D eigenvalue weighted by atomic mass is 16.5. The van der Waals surface area contributed by atoms with Gasteiger partial charge in [0, 0.05) is 0 Å². The molecule has 1 aliphatic heterocycles. The van der Waals surface area contributed by atoms with Crippen molar-refractivity contribution < 1.29 is 33.3 Å². The number of urea groups is 1. The molecule has 0 atom stereocenters. The van der Waals surface area contributed by atoms with Gasteiger partial charge in [0.25, 0.3) is 11.8 Å². The third-order valence-electron chi connectivity index (χ3n) is 5.36. The molecule has 1 saturated heterocycles. The Morgan fingerprint density at radius 3 is 2.24 bits per heavy atom. The van der Waals surface area contributed by atoms with Crippen LogP contribution in [-0.4, -0.2) is 44.8 Å². The van der Waals surface area contributed by atoms with Crippen molar-refractivity contribution in [3.05, 3.63) is 83.9 Å². The number of rotatable bonds is 10. The van der Waals surface area contributed by atoms with Gasteiger partial charge in [0.15, 0.2) is 11.5 Å². The summed E-state index contributed by atoms with van der Waals surface area (Å²) in [7, 11) is 1.51. The van der Waals surface area contributed by atoms with Crippen LogP contribution in [0.4, 0.5) is 10.5 Å². The molecule has 1 N–H and O–H groups in total. The third-order valence-corrected chi connectivity index (χ3v) is 5.36. The molecule has 9 heteroatoms. The number of barbiturate groups is 1. The molecule has 1 fully saturated rings. The van der Waals surface area contributed by atoms with Crippen molar-refractivity contribution in [1.82, 2.24) is 5.32 Å². The van der Waals surface area contributed by atoms with Gasteiger partial charge in [0.05, 0.1) is 19.4 Å². The van der Waals surface area contributed by atoms with Crippen molar-refractivity contribution in [1.29, 1.82) is 0 Å². The van der Waals surface area contributed by atoms with Crippen molar-refractivity contribution >= 4 is 29.6 Å². The number of hydrogen-bond donors (Lipinski definition) is 1. The lowest BCUT2D eigenvalue weighted by Crippen LogP contribution is -2.54. The largest absolute Gasteiger partial charge is 0.497 e. The minimum absolute atomic E-state index is 0.192. The van der Waals surface area contributed by atoms with E-state index in [0.29, 0.717) is 41.7 Å². The molecule has 190 valence electrons. The highest BCUT2D eigenvalue weighted by molar-refractivity contribution is 6.39. The van der Waals surface area contributed by atoms with E-state index >= 15 is 0 Å². The third kappa shape index (κ3) is 6.07. The van der Waals surface area contributed by atoms with E-state index in [-0.39, 0.29) is 12.2 Å². The monoisotopic (exact) mass is 502 g/mol. The lowest BCUT2D eigenvalue weighted by Gasteiger charge is -2.26. The van der Waals surface area contributed by atoms with E-state index in [0.717, 1.165) is 10.6 Å². The molecule has 4 rings (SSSR count). The second kappa shape index (κ2) is 11.8. The fourth-order valence-corrected chi connectivity index (χ4v) is 3.62. The molecule has 3 aromatic carbocycles. The summed E-state index contributed by atoms with van der Waals surface area (Å²) in [6.07, 6.45) is 1.41. The van der Waals surface area contributed by atoms with Crippen LogP contribution in [0, 0.1) is 0 Å². The van der Waals surface area contributed by atoms with E-state index in [9.17, 15) is 14.4 Å². The molecule has 0 bridgehead atoms. The zero-order valence-electron chi connectivity index (χ0n) is 20.4. The van der Waals surface area contributed by atoms with Gasteiger partial charge >= 0.3 is 6.03 Å². The standard InChI is InChI=1S/C28H26N2O7/c1-3-35-25-18-19(9-14-24(25)37-16-15-36-22-7-5-4-6-8-22)17-23-26(31)29-28(33)30(27(23)32)20-10-12-21(34-2)13-11-20/h4-14,17-18H,3,15-16H2,1-2H3,(H,29,31,33). The molecule has 1 aliphatic rings. The average molecular weight is 503 g/mol. The Morgan fingerprint density at radius 1 is 0.811 bits per heavy atom. The highest BCUT2D eigenvalue weighted by Gasteiger charge is 2.36. The lowest BCUT2D eigenvalue weighted by atomic mass is 10.1. The van der Waals surface area contributed by atoms with Gasteiger partial charge in [-0.25, -0.2) is 9.69 Å². The second-order valence-electron chi connectivity index (χ2n) is 7.81. The number of ether oxygens (including phenoxy) is 4. The van der Waals surface area contributed by atoms with Gasteiger partial charge < -0.3 is 18.9 Å². The molecule has 4 amide bonds. The first-order valence-corrected chi connectivity index (χ1v) is 11.6. The van der Waals surface area contributed by atoms with Crippen LogP contribution in [0.1, 0.15) is 12.5 Å². The van der Waals surface area contributed by atoms with Crippen molar-refractivity contribution in [2.75, 3.05) is 31.8 Å². The van der Waals surface area contributed by atoms with Gasteiger partial charge in [-0.05, 0) is 67.1 Å². The lowest BCUT2D eigenvalue weighted by molar-refractivity contribution is -0.122. The predicted octanol–water partition coefficient (Wildman–Crippen LogP) is 4.22. The molecular formula is C28H26N2O7. The van der Waals surface area contributed by atoms with Crippen molar-refractivity contribution in [2.45, 2.75) is 6.92 Å². The Kier molecular flexibility index (Phi) is 8.05. The maximum Gasteiger partial charge on any atom is 0.335 e. The van der Waals surface area contributed by atoms with Crippen molar-refractivity contribution in [3.63, 3.8) is 0 Å². The molecule has 0 aliphatic carbocycles. The summed E-state index contributed by atoms with van der Waals surface area (Å²) in [5, 5.41) is 2.21. The molecule has 0 radical (unpaired) electrons. The Bertz CT molecular complexity index is 1300. The van der Waals surface area contributed by atoms with E-state index in [1.807, 2.05) is 37.3 Å². The van der Waals surface area contributed by atoms with E-state index in [2.05, 4.69) is 5.32 Å². The number of benzene rings is 3. The molecule has 37 heavy (non-hydrogen) atoms. The maximum atomic E-state index is 13.1. The fourth-order valence-electron chi connectivity index (χ4n) is 3.62. The SMILES string of the molecule is CCOc1cc(C=C2C(=O)NC(=O)N(c3ccc(OC)cc3)C2=O)ccc1OCCOc1ccccc1. The number of anilines is 1. The quantitative estimate of drug-likeness (QED) is 0.252. The summed E-state index contributed by atoms with van der Waals surface area (Å²) < 4.78 is 22.3. The van der Waals surface area contributed by atoms with Crippen LogP contribution in [0.5, 0.6) is 23.0 Å². The minimum Gasteiger partial charge on any atom is -0.497 e. The van der Waals surface area contributed by atoms with E-state index in [4.69, 9.17) is 18.9 Å². The number of nitrogens with zero attached hydrogens (tertiary/aromatic N) is 1. The fraction of sp³-hybridized carbons (Fsp3) is 0.179. The van der Waals surface area contributed by atoms with Gasteiger partial charge in [-0.1, -0.05) is 24.3 Å². The first-order chi connectivity index (χ1) is 18.0. The Morgan fingerprint density at radius 2 is 1.54 bits per heavy atom. The number of carbonyl (C=O) groups excluding carboxylic acids is 3. The number of amides is 4. The van der Waals surface area contributed by atoms with E-state index in [1.54, 1.807) is 42.5 Å². The van der Waals surface area contributed by atoms with Crippen LogP contribution in [-0.2, 0) is 9.59 Å². The first-order valence-electron chi connectivity index (χ1n) is 11.6. The first kappa shape index (κ1) is 25.3. The summed E-state index contributed by atoms with van der Waals surface area (Å²) in [4.78, 5) is 39.0. The van der Waals surface area contributed by atoms with Gasteiger partial charge in [-0.2, -0.15) is 0 Å². The summed E-state index contributed by atoms with van der Waals surface area (Å²) in [5.74, 6) is 0.735. The second-order valence-corrected chi connectivity index (χ2v) is 7.81. The summed E-state index contributed by atoms with van der Waals surface area (Å²) in [6.45, 7) is 2.85. The predicted molar refractivity (Wildman–Crippen MR) is 137 cm³/mol. The van der Waals surface area contributed by atoms with Gasteiger partial charge in [-0.15, -0.1) is 0 Å². The van der Waals surface area contributed by atoms with Crippen LogP contribution in [0.25, 0.3) is 6.08 Å². The molecule has 0 spiro atoms. The molecule has 3 aromatic rings. The van der Waals surface area contributed by atoms with Crippen molar-refractivity contribution in [3.8, 4) is 23.0 Å². The molecular weight excluding hydrogens is 476 g/mol. The van der Waals surface area contributed by atoms with Crippen LogP contribution in [0.3, 0.4) is 0 Å². The molecule has 1 heterocycles. The molecule has 0 unspecified atom stereocenters. The summed E-state index contributed by atoms with van der Waals surface area (Å²) in [6, 6.07) is 20.0. The van der Waals surface area contributed by atoms with Gasteiger partial charge in [-0.3, -0.25) is 14.9 Å². The number of hydrogen-bond acceptors (Lipinski definition) is 7. The van der Waals surface area contributed by atoms with Gasteiger partial charge in [0.2, 0.25) is 0 Å². The van der Waals surface area contributed by atoms with Crippen LogP contribution in [0.15, 0.2) is 78.4 Å². The summed E-state index contributed by atoms with van der Waals surface area (Å²) >= 11 is 0. The van der Waals surface area contributed by atoms with Crippen molar-refractivity contribution in [2.24, 2.45) is 0 Å².